The van der Waals surface area contributed by atoms with Gasteiger partial charge in [0.05, 0.1) is 0 Å². The summed E-state index contributed by atoms with van der Waals surface area (Å²) in [5.74, 6) is 0.751. The van der Waals surface area contributed by atoms with Gasteiger partial charge >= 0.3 is 5.97 Å². The van der Waals surface area contributed by atoms with E-state index in [4.69, 9.17) is 9.47 Å². The molecule has 0 heterocycles. The Morgan fingerprint density at radius 1 is 1.19 bits per heavy atom. The first-order valence-corrected chi connectivity index (χ1v) is 5.04. The molecule has 0 saturated carbocycles. The van der Waals surface area contributed by atoms with Gasteiger partial charge in [-0.05, 0) is 45.0 Å². The van der Waals surface area contributed by atoms with Crippen molar-refractivity contribution in [1.29, 1.82) is 0 Å². The van der Waals surface area contributed by atoms with Crippen LogP contribution in [0.3, 0.4) is 0 Å². The molecular formula is C13H16O3. The Kier molecular flexibility index (Phi) is 3.72. The van der Waals surface area contributed by atoms with Crippen molar-refractivity contribution in [2.24, 2.45) is 0 Å². The van der Waals surface area contributed by atoms with Gasteiger partial charge in [0.2, 0.25) is 0 Å². The summed E-state index contributed by atoms with van der Waals surface area (Å²) in [6, 6.07) is 6.89. The topological polar surface area (TPSA) is 35.5 Å². The average Bonchev–Trinajstić information content (AvgIpc) is 2.18. The molecule has 0 aliphatic carbocycles. The lowest BCUT2D eigenvalue weighted by atomic mass is 10.2. The molecule has 0 aliphatic rings. The molecule has 1 aromatic rings. The van der Waals surface area contributed by atoms with Crippen molar-refractivity contribution in [1.82, 2.24) is 0 Å². The molecule has 0 aromatic heterocycles. The van der Waals surface area contributed by atoms with Crippen LogP contribution in [0.15, 0.2) is 36.9 Å². The second-order valence-electron chi connectivity index (χ2n) is 4.31. The predicted molar refractivity (Wildman–Crippen MR) is 62.7 cm³/mol. The maximum absolute atomic E-state index is 10.9. The van der Waals surface area contributed by atoms with Crippen molar-refractivity contribution in [3.05, 3.63) is 36.9 Å². The minimum absolute atomic E-state index is 0.237. The first kappa shape index (κ1) is 12.3. The summed E-state index contributed by atoms with van der Waals surface area (Å²) in [7, 11) is 0. The van der Waals surface area contributed by atoms with E-state index in [0.717, 1.165) is 11.8 Å². The average molecular weight is 220 g/mol. The summed E-state index contributed by atoms with van der Waals surface area (Å²) in [5, 5.41) is 0. The number of esters is 1. The van der Waals surface area contributed by atoms with E-state index in [1.165, 1.54) is 0 Å². The highest BCUT2D eigenvalue weighted by molar-refractivity contribution is 5.83. The molecule has 0 amide bonds. The third-order valence-corrected chi connectivity index (χ3v) is 1.63. The zero-order valence-corrected chi connectivity index (χ0v) is 9.82. The number of benzene rings is 1. The van der Waals surface area contributed by atoms with E-state index >= 15 is 0 Å². The maximum Gasteiger partial charge on any atom is 0.335 e. The van der Waals surface area contributed by atoms with Crippen LogP contribution in [-0.2, 0) is 4.79 Å². The Bertz CT molecular complexity index is 371. The van der Waals surface area contributed by atoms with E-state index in [0.29, 0.717) is 5.75 Å². The third kappa shape index (κ3) is 4.17. The van der Waals surface area contributed by atoms with Gasteiger partial charge in [-0.1, -0.05) is 6.58 Å². The summed E-state index contributed by atoms with van der Waals surface area (Å²) < 4.78 is 10.6. The molecule has 3 heteroatoms. The Morgan fingerprint density at radius 3 is 2.12 bits per heavy atom. The number of carbonyl (C=O) groups excluding carboxylic acids is 1. The van der Waals surface area contributed by atoms with Gasteiger partial charge in [0, 0.05) is 6.08 Å². The van der Waals surface area contributed by atoms with Crippen molar-refractivity contribution < 1.29 is 14.3 Å². The van der Waals surface area contributed by atoms with Crippen LogP contribution >= 0.6 is 0 Å². The largest absolute Gasteiger partial charge is 0.488 e. The summed E-state index contributed by atoms with van der Waals surface area (Å²) in [6.45, 7) is 9.24. The first-order valence-electron chi connectivity index (χ1n) is 5.04. The number of hydrogen-bond acceptors (Lipinski definition) is 3. The quantitative estimate of drug-likeness (QED) is 0.446. The van der Waals surface area contributed by atoms with Crippen LogP contribution in [0.25, 0.3) is 0 Å². The van der Waals surface area contributed by atoms with E-state index in [9.17, 15) is 4.79 Å². The van der Waals surface area contributed by atoms with Crippen LogP contribution in [0, 0.1) is 0 Å². The minimum atomic E-state index is -0.468. The van der Waals surface area contributed by atoms with Crippen molar-refractivity contribution in [2.45, 2.75) is 26.4 Å². The molecule has 0 saturated heterocycles. The van der Waals surface area contributed by atoms with Crippen LogP contribution in [-0.4, -0.2) is 11.6 Å². The molecule has 0 unspecified atom stereocenters. The maximum atomic E-state index is 10.9. The summed E-state index contributed by atoms with van der Waals surface area (Å²) >= 11 is 0. The van der Waals surface area contributed by atoms with Gasteiger partial charge in [-0.2, -0.15) is 0 Å². The molecule has 0 spiro atoms. The number of carbonyl (C=O) groups is 1. The molecular weight excluding hydrogens is 204 g/mol. The van der Waals surface area contributed by atoms with E-state index in [-0.39, 0.29) is 5.60 Å². The summed E-state index contributed by atoms with van der Waals surface area (Å²) in [4.78, 5) is 10.9. The first-order chi connectivity index (χ1) is 7.40. The normalized spacial score (nSPS) is 10.7. The van der Waals surface area contributed by atoms with E-state index in [2.05, 4.69) is 6.58 Å². The number of rotatable bonds is 3. The van der Waals surface area contributed by atoms with Crippen LogP contribution in [0.5, 0.6) is 11.5 Å². The van der Waals surface area contributed by atoms with Crippen molar-refractivity contribution >= 4 is 5.97 Å². The van der Waals surface area contributed by atoms with Gasteiger partial charge in [-0.3, -0.25) is 0 Å². The monoisotopic (exact) mass is 220 g/mol. The van der Waals surface area contributed by atoms with Crippen LogP contribution < -0.4 is 9.47 Å². The Balaban J connectivity index is 2.68. The molecule has 86 valence electrons. The smallest absolute Gasteiger partial charge is 0.335 e. The molecule has 0 bridgehead atoms. The lowest BCUT2D eigenvalue weighted by Crippen LogP contribution is -2.22. The standard InChI is InChI=1S/C13H16O3/c1-5-12(14)15-10-6-8-11(9-7-10)16-13(2,3)4/h5-9H,1H2,2-4H3. The van der Waals surface area contributed by atoms with Gasteiger partial charge in [-0.25, -0.2) is 4.79 Å². The van der Waals surface area contributed by atoms with E-state index in [1.807, 2.05) is 20.8 Å². The van der Waals surface area contributed by atoms with E-state index < -0.39 is 5.97 Å². The molecule has 0 aliphatic heterocycles. The van der Waals surface area contributed by atoms with Gasteiger partial charge in [0.25, 0.3) is 0 Å². The molecule has 0 fully saturated rings. The highest BCUT2D eigenvalue weighted by atomic mass is 16.5. The lowest BCUT2D eigenvalue weighted by Gasteiger charge is -2.21. The molecule has 16 heavy (non-hydrogen) atoms. The lowest BCUT2D eigenvalue weighted by molar-refractivity contribution is -0.128. The Labute approximate surface area is 95.7 Å². The number of ether oxygens (including phenoxy) is 2. The molecule has 3 nitrogen and oxygen atoms in total. The van der Waals surface area contributed by atoms with Gasteiger partial charge in [0.15, 0.2) is 0 Å². The molecule has 0 atom stereocenters. The zero-order chi connectivity index (χ0) is 12.2. The second kappa shape index (κ2) is 4.84. The fraction of sp³-hybridized carbons (Fsp3) is 0.308. The molecule has 1 aromatic carbocycles. The Hall–Kier alpha value is -1.77. The van der Waals surface area contributed by atoms with Gasteiger partial charge in [-0.15, -0.1) is 0 Å². The van der Waals surface area contributed by atoms with Crippen LogP contribution in [0.2, 0.25) is 0 Å². The van der Waals surface area contributed by atoms with E-state index in [1.54, 1.807) is 24.3 Å². The highest BCUT2D eigenvalue weighted by Crippen LogP contribution is 2.21. The van der Waals surface area contributed by atoms with Crippen molar-refractivity contribution in [3.8, 4) is 11.5 Å². The molecule has 0 radical (unpaired) electrons. The van der Waals surface area contributed by atoms with Gasteiger partial charge in [0.1, 0.15) is 17.1 Å². The van der Waals surface area contributed by atoms with Crippen molar-refractivity contribution in [3.63, 3.8) is 0 Å². The van der Waals surface area contributed by atoms with Crippen LogP contribution in [0.1, 0.15) is 20.8 Å². The fourth-order valence-corrected chi connectivity index (χ4v) is 1.09. The highest BCUT2D eigenvalue weighted by Gasteiger charge is 2.11. The second-order valence-corrected chi connectivity index (χ2v) is 4.31. The fourth-order valence-electron chi connectivity index (χ4n) is 1.09. The Morgan fingerprint density at radius 2 is 1.69 bits per heavy atom. The molecule has 0 N–H and O–H groups in total. The number of hydrogen-bond donors (Lipinski definition) is 0. The summed E-state index contributed by atoms with van der Waals surface area (Å²) in [6.07, 6.45) is 1.12. The zero-order valence-electron chi connectivity index (χ0n) is 9.82. The predicted octanol–water partition coefficient (Wildman–Crippen LogP) is 2.96. The van der Waals surface area contributed by atoms with Crippen LogP contribution in [0.4, 0.5) is 0 Å². The van der Waals surface area contributed by atoms with Gasteiger partial charge < -0.3 is 9.47 Å². The minimum Gasteiger partial charge on any atom is -0.488 e. The SMILES string of the molecule is C=CC(=O)Oc1ccc(OC(C)(C)C)cc1. The van der Waals surface area contributed by atoms with Crippen molar-refractivity contribution in [2.75, 3.05) is 0 Å². The summed E-state index contributed by atoms with van der Waals surface area (Å²) in [5.41, 5.74) is -0.237. The molecule has 1 rings (SSSR count). The third-order valence-electron chi connectivity index (χ3n) is 1.63.